The molecule has 1 heterocycles. The monoisotopic (exact) mass is 293 g/mol. The van der Waals surface area contributed by atoms with Crippen LogP contribution in [0.4, 0.5) is 0 Å². The molecule has 2 amide bonds. The molecule has 0 radical (unpaired) electrons. The Morgan fingerprint density at radius 1 is 1.20 bits per heavy atom. The van der Waals surface area contributed by atoms with Crippen LogP contribution < -0.4 is 0 Å². The van der Waals surface area contributed by atoms with Gasteiger partial charge in [0.05, 0.1) is 16.5 Å². The average molecular weight is 294 g/mol. The molecule has 0 fully saturated rings. The fourth-order valence-electron chi connectivity index (χ4n) is 1.56. The van der Waals surface area contributed by atoms with Crippen molar-refractivity contribution in [3.05, 3.63) is 47.0 Å². The molecule has 0 saturated carbocycles. The molecule has 0 saturated heterocycles. The second-order valence-corrected chi connectivity index (χ2v) is 5.32. The van der Waals surface area contributed by atoms with Crippen molar-refractivity contribution >= 4 is 29.4 Å². The number of amides is 2. The standard InChI is InChI=1S/C14H12ClNO4/c1-8(15)14(2,3)13(19)20-16-11(17)9-6-4-5-7-10(9)12(16)18/h4-7H,1H2,2-3H3. The molecule has 0 aliphatic carbocycles. The number of nitrogens with zero attached hydrogens (tertiary/aromatic N) is 1. The summed E-state index contributed by atoms with van der Waals surface area (Å²) in [7, 11) is 0. The van der Waals surface area contributed by atoms with Crippen molar-refractivity contribution in [2.45, 2.75) is 13.8 Å². The molecule has 20 heavy (non-hydrogen) atoms. The van der Waals surface area contributed by atoms with Gasteiger partial charge in [0.2, 0.25) is 0 Å². The van der Waals surface area contributed by atoms with E-state index in [2.05, 4.69) is 6.58 Å². The van der Waals surface area contributed by atoms with Crippen LogP contribution in [0.15, 0.2) is 35.9 Å². The first-order valence-corrected chi connectivity index (χ1v) is 6.19. The van der Waals surface area contributed by atoms with E-state index in [4.69, 9.17) is 16.4 Å². The van der Waals surface area contributed by atoms with Gasteiger partial charge in [0.1, 0.15) is 0 Å². The number of hydroxylamine groups is 2. The van der Waals surface area contributed by atoms with Crippen molar-refractivity contribution in [1.29, 1.82) is 0 Å². The van der Waals surface area contributed by atoms with Crippen LogP contribution in [-0.2, 0) is 9.63 Å². The summed E-state index contributed by atoms with van der Waals surface area (Å²) in [6.45, 7) is 6.45. The predicted octanol–water partition coefficient (Wildman–Crippen LogP) is 2.52. The van der Waals surface area contributed by atoms with Crippen LogP contribution in [0.1, 0.15) is 34.6 Å². The number of imide groups is 1. The van der Waals surface area contributed by atoms with Gasteiger partial charge in [-0.15, -0.1) is 0 Å². The fraction of sp³-hybridized carbons (Fsp3) is 0.214. The van der Waals surface area contributed by atoms with Gasteiger partial charge in [-0.1, -0.05) is 35.4 Å². The van der Waals surface area contributed by atoms with Crippen LogP contribution >= 0.6 is 11.6 Å². The maximum atomic E-state index is 12.0. The molecule has 1 aliphatic heterocycles. The van der Waals surface area contributed by atoms with Crippen LogP contribution in [0.2, 0.25) is 0 Å². The first-order chi connectivity index (χ1) is 9.26. The minimum Gasteiger partial charge on any atom is -0.329 e. The Kier molecular flexibility index (Phi) is 3.39. The Bertz CT molecular complexity index is 601. The highest BCUT2D eigenvalue weighted by atomic mass is 35.5. The third-order valence-electron chi connectivity index (χ3n) is 3.12. The zero-order valence-corrected chi connectivity index (χ0v) is 11.7. The van der Waals surface area contributed by atoms with Gasteiger partial charge < -0.3 is 4.84 Å². The van der Waals surface area contributed by atoms with Gasteiger partial charge in [-0.2, -0.15) is 0 Å². The molecule has 0 N–H and O–H groups in total. The Hall–Kier alpha value is -2.14. The van der Waals surface area contributed by atoms with E-state index >= 15 is 0 Å². The molecular weight excluding hydrogens is 282 g/mol. The van der Waals surface area contributed by atoms with E-state index in [1.165, 1.54) is 26.0 Å². The number of carbonyl (C=O) groups is 3. The van der Waals surface area contributed by atoms with E-state index in [0.717, 1.165) is 0 Å². The number of hydrogen-bond acceptors (Lipinski definition) is 4. The second kappa shape index (κ2) is 4.76. The lowest BCUT2D eigenvalue weighted by atomic mass is 9.94. The topological polar surface area (TPSA) is 63.7 Å². The molecule has 0 unspecified atom stereocenters. The zero-order chi connectivity index (χ0) is 15.1. The molecular formula is C14H12ClNO4. The highest BCUT2D eigenvalue weighted by Crippen LogP contribution is 2.31. The van der Waals surface area contributed by atoms with E-state index in [-0.39, 0.29) is 16.2 Å². The summed E-state index contributed by atoms with van der Waals surface area (Å²) < 4.78 is 0. The van der Waals surface area contributed by atoms with Gasteiger partial charge in [0.25, 0.3) is 11.8 Å². The Morgan fingerprint density at radius 2 is 1.65 bits per heavy atom. The van der Waals surface area contributed by atoms with Crippen LogP contribution in [0, 0.1) is 5.41 Å². The number of benzene rings is 1. The summed E-state index contributed by atoms with van der Waals surface area (Å²) in [5.74, 6) is -2.17. The van der Waals surface area contributed by atoms with Crippen LogP contribution in [0.3, 0.4) is 0 Å². The Balaban J connectivity index is 2.26. The third-order valence-corrected chi connectivity index (χ3v) is 3.59. The first-order valence-electron chi connectivity index (χ1n) is 5.82. The smallest absolute Gasteiger partial charge is 0.329 e. The SMILES string of the molecule is C=C(Cl)C(C)(C)C(=O)ON1C(=O)c2ccccc2C1=O. The maximum absolute atomic E-state index is 12.0. The molecule has 0 spiro atoms. The van der Waals surface area contributed by atoms with Crippen LogP contribution in [0.25, 0.3) is 0 Å². The molecule has 2 rings (SSSR count). The Morgan fingerprint density at radius 3 is 2.05 bits per heavy atom. The number of carbonyl (C=O) groups excluding carboxylic acids is 3. The van der Waals surface area contributed by atoms with Gasteiger partial charge >= 0.3 is 5.97 Å². The van der Waals surface area contributed by atoms with Gasteiger partial charge in [0.15, 0.2) is 0 Å². The lowest BCUT2D eigenvalue weighted by Gasteiger charge is -2.23. The number of rotatable bonds is 3. The third kappa shape index (κ3) is 2.10. The summed E-state index contributed by atoms with van der Waals surface area (Å²) in [6.07, 6.45) is 0. The molecule has 1 aromatic rings. The lowest BCUT2D eigenvalue weighted by Crippen LogP contribution is -2.38. The number of hydrogen-bond donors (Lipinski definition) is 0. The normalized spacial score (nSPS) is 14.2. The fourth-order valence-corrected chi connectivity index (χ4v) is 1.63. The van der Waals surface area contributed by atoms with Gasteiger partial charge in [0, 0.05) is 5.03 Å². The largest absolute Gasteiger partial charge is 0.343 e. The van der Waals surface area contributed by atoms with E-state index in [1.807, 2.05) is 0 Å². The van der Waals surface area contributed by atoms with Crippen molar-refractivity contribution in [2.75, 3.05) is 0 Å². The van der Waals surface area contributed by atoms with E-state index in [9.17, 15) is 14.4 Å². The zero-order valence-electron chi connectivity index (χ0n) is 11.0. The van der Waals surface area contributed by atoms with Gasteiger partial charge in [-0.05, 0) is 26.0 Å². The van der Waals surface area contributed by atoms with Crippen molar-refractivity contribution in [1.82, 2.24) is 5.06 Å². The van der Waals surface area contributed by atoms with Crippen molar-refractivity contribution in [2.24, 2.45) is 5.41 Å². The van der Waals surface area contributed by atoms with E-state index in [1.54, 1.807) is 12.1 Å². The van der Waals surface area contributed by atoms with Crippen molar-refractivity contribution in [3.8, 4) is 0 Å². The number of fused-ring (bicyclic) bond motifs is 1. The van der Waals surface area contributed by atoms with Crippen LogP contribution in [0.5, 0.6) is 0 Å². The first kappa shape index (κ1) is 14.3. The van der Waals surface area contributed by atoms with Crippen molar-refractivity contribution in [3.63, 3.8) is 0 Å². The number of halogens is 1. The molecule has 1 aromatic carbocycles. The van der Waals surface area contributed by atoms with Gasteiger partial charge in [-0.3, -0.25) is 9.59 Å². The molecule has 104 valence electrons. The predicted molar refractivity (Wildman–Crippen MR) is 71.8 cm³/mol. The van der Waals surface area contributed by atoms with E-state index < -0.39 is 23.2 Å². The summed E-state index contributed by atoms with van der Waals surface area (Å²) in [6, 6.07) is 6.24. The molecule has 0 aromatic heterocycles. The summed E-state index contributed by atoms with van der Waals surface area (Å²) in [4.78, 5) is 40.9. The molecule has 0 bridgehead atoms. The van der Waals surface area contributed by atoms with Crippen molar-refractivity contribution < 1.29 is 19.2 Å². The Labute approximate surface area is 120 Å². The molecule has 5 nitrogen and oxygen atoms in total. The maximum Gasteiger partial charge on any atom is 0.343 e. The lowest BCUT2D eigenvalue weighted by molar-refractivity contribution is -0.176. The van der Waals surface area contributed by atoms with Crippen LogP contribution in [-0.4, -0.2) is 22.8 Å². The quantitative estimate of drug-likeness (QED) is 0.803. The highest BCUT2D eigenvalue weighted by Gasteiger charge is 2.42. The minimum absolute atomic E-state index is 0.0547. The highest BCUT2D eigenvalue weighted by molar-refractivity contribution is 6.31. The molecule has 6 heteroatoms. The molecule has 1 aliphatic rings. The summed E-state index contributed by atoms with van der Waals surface area (Å²) in [5.41, 5.74) is -0.808. The minimum atomic E-state index is -1.21. The summed E-state index contributed by atoms with van der Waals surface area (Å²) in [5, 5.41) is 0.508. The summed E-state index contributed by atoms with van der Waals surface area (Å²) >= 11 is 5.73. The van der Waals surface area contributed by atoms with Gasteiger partial charge in [-0.25, -0.2) is 4.79 Å². The average Bonchev–Trinajstić information content (AvgIpc) is 2.64. The second-order valence-electron chi connectivity index (χ2n) is 4.86. The molecule has 0 atom stereocenters. The van der Waals surface area contributed by atoms with E-state index in [0.29, 0.717) is 5.06 Å².